The van der Waals surface area contributed by atoms with Crippen LogP contribution in [0.4, 0.5) is 0 Å². The molecule has 0 saturated carbocycles. The van der Waals surface area contributed by atoms with E-state index in [9.17, 15) is 4.79 Å². The van der Waals surface area contributed by atoms with Crippen LogP contribution in [0.3, 0.4) is 0 Å². The summed E-state index contributed by atoms with van der Waals surface area (Å²) in [6, 6.07) is 5.55. The number of likely N-dealkylation sites (tertiary alicyclic amines) is 1. The molecule has 1 unspecified atom stereocenters. The molecule has 1 heterocycles. The van der Waals surface area contributed by atoms with Crippen molar-refractivity contribution in [3.8, 4) is 11.8 Å². The van der Waals surface area contributed by atoms with Crippen molar-refractivity contribution in [1.82, 2.24) is 4.90 Å². The molecule has 0 radical (unpaired) electrons. The van der Waals surface area contributed by atoms with Gasteiger partial charge in [-0.1, -0.05) is 11.8 Å². The van der Waals surface area contributed by atoms with Gasteiger partial charge in [-0.3, -0.25) is 4.79 Å². The van der Waals surface area contributed by atoms with Crippen molar-refractivity contribution in [2.24, 2.45) is 0 Å². The molecule has 1 aromatic rings. The average Bonchev–Trinajstić information content (AvgIpc) is 2.92. The van der Waals surface area contributed by atoms with Crippen molar-refractivity contribution in [2.45, 2.75) is 19.4 Å². The van der Waals surface area contributed by atoms with Gasteiger partial charge in [0.05, 0.1) is 6.10 Å². The van der Waals surface area contributed by atoms with Crippen molar-refractivity contribution in [2.75, 3.05) is 26.8 Å². The van der Waals surface area contributed by atoms with Crippen molar-refractivity contribution in [3.63, 3.8) is 0 Å². The molecule has 1 fully saturated rings. The Morgan fingerprint density at radius 3 is 2.95 bits per heavy atom. The quantitative estimate of drug-likeness (QED) is 0.824. The number of rotatable bonds is 2. The van der Waals surface area contributed by atoms with E-state index in [-0.39, 0.29) is 18.6 Å². The number of ether oxygens (including phenoxy) is 1. The Hall–Kier alpha value is -1.83. The van der Waals surface area contributed by atoms with Gasteiger partial charge >= 0.3 is 0 Å². The first-order valence-corrected chi connectivity index (χ1v) is 6.67. The summed E-state index contributed by atoms with van der Waals surface area (Å²) in [5.74, 6) is 5.46. The number of hydrogen-bond acceptors (Lipinski definition) is 3. The van der Waals surface area contributed by atoms with E-state index in [1.807, 2.05) is 24.0 Å². The Morgan fingerprint density at radius 2 is 2.30 bits per heavy atom. The van der Waals surface area contributed by atoms with Crippen molar-refractivity contribution in [1.29, 1.82) is 0 Å². The zero-order chi connectivity index (χ0) is 14.5. The fraction of sp³-hybridized carbons (Fsp3) is 0.438. The predicted octanol–water partition coefficient (Wildman–Crippen LogP) is 1.20. The lowest BCUT2D eigenvalue weighted by Crippen LogP contribution is -2.30. The van der Waals surface area contributed by atoms with E-state index >= 15 is 0 Å². The molecule has 1 aliphatic rings. The minimum absolute atomic E-state index is 0.0142. The summed E-state index contributed by atoms with van der Waals surface area (Å²) in [7, 11) is 1.67. The highest BCUT2D eigenvalue weighted by Crippen LogP contribution is 2.17. The van der Waals surface area contributed by atoms with Crippen LogP contribution in [0.15, 0.2) is 18.2 Å². The molecule has 1 aliphatic heterocycles. The van der Waals surface area contributed by atoms with Crippen LogP contribution in [0.5, 0.6) is 0 Å². The molecular weight excluding hydrogens is 254 g/mol. The zero-order valence-corrected chi connectivity index (χ0v) is 11.8. The fourth-order valence-corrected chi connectivity index (χ4v) is 2.41. The third-order valence-electron chi connectivity index (χ3n) is 3.40. The summed E-state index contributed by atoms with van der Waals surface area (Å²) >= 11 is 0. The number of aryl methyl sites for hydroxylation is 1. The molecule has 1 amide bonds. The predicted molar refractivity (Wildman–Crippen MR) is 76.5 cm³/mol. The third kappa shape index (κ3) is 3.38. The molecule has 0 spiro atoms. The smallest absolute Gasteiger partial charge is 0.253 e. The van der Waals surface area contributed by atoms with Gasteiger partial charge in [0.25, 0.3) is 5.91 Å². The molecule has 0 aromatic heterocycles. The SMILES string of the molecule is COC1CCN(C(=O)c2cc(C)cc(C#CCO)c2)C1. The number of amides is 1. The second-order valence-corrected chi connectivity index (χ2v) is 4.95. The molecule has 0 aliphatic carbocycles. The van der Waals surface area contributed by atoms with Gasteiger partial charge in [-0.15, -0.1) is 0 Å². The first-order valence-electron chi connectivity index (χ1n) is 6.67. The van der Waals surface area contributed by atoms with E-state index in [1.165, 1.54) is 0 Å². The van der Waals surface area contributed by atoms with Gasteiger partial charge in [0.1, 0.15) is 6.61 Å². The van der Waals surface area contributed by atoms with E-state index in [0.717, 1.165) is 24.1 Å². The maximum Gasteiger partial charge on any atom is 0.253 e. The standard InChI is InChI=1S/C16H19NO3/c1-12-8-13(4-3-7-18)10-14(9-12)16(19)17-6-5-15(11-17)20-2/h8-10,15,18H,5-7,11H2,1-2H3. The Kier molecular flexibility index (Phi) is 4.78. The van der Waals surface area contributed by atoms with Gasteiger partial charge in [-0.05, 0) is 37.1 Å². The van der Waals surface area contributed by atoms with E-state index in [4.69, 9.17) is 9.84 Å². The summed E-state index contributed by atoms with van der Waals surface area (Å²) in [6.45, 7) is 3.12. The van der Waals surface area contributed by atoms with Gasteiger partial charge in [-0.25, -0.2) is 0 Å². The Labute approximate surface area is 119 Å². The van der Waals surface area contributed by atoms with E-state index in [2.05, 4.69) is 11.8 Å². The highest BCUT2D eigenvalue weighted by Gasteiger charge is 2.26. The number of methoxy groups -OCH3 is 1. The van der Waals surface area contributed by atoms with Gasteiger partial charge in [0.15, 0.2) is 0 Å². The van der Waals surface area contributed by atoms with Crippen LogP contribution in [0.25, 0.3) is 0 Å². The monoisotopic (exact) mass is 273 g/mol. The highest BCUT2D eigenvalue weighted by atomic mass is 16.5. The fourth-order valence-electron chi connectivity index (χ4n) is 2.41. The van der Waals surface area contributed by atoms with Crippen molar-refractivity contribution in [3.05, 3.63) is 34.9 Å². The van der Waals surface area contributed by atoms with Crippen LogP contribution in [-0.2, 0) is 4.74 Å². The largest absolute Gasteiger partial charge is 0.384 e. The summed E-state index contributed by atoms with van der Waals surface area (Å²) in [4.78, 5) is 14.3. The molecule has 1 atom stereocenters. The number of hydrogen-bond donors (Lipinski definition) is 1. The highest BCUT2D eigenvalue weighted by molar-refractivity contribution is 5.95. The van der Waals surface area contributed by atoms with Gasteiger partial charge in [0, 0.05) is 31.3 Å². The lowest BCUT2D eigenvalue weighted by atomic mass is 10.1. The Morgan fingerprint density at radius 1 is 1.50 bits per heavy atom. The molecule has 1 saturated heterocycles. The summed E-state index contributed by atoms with van der Waals surface area (Å²) in [6.07, 6.45) is 1.02. The molecule has 2 rings (SSSR count). The normalized spacial score (nSPS) is 17.8. The lowest BCUT2D eigenvalue weighted by molar-refractivity contribution is 0.0724. The first kappa shape index (κ1) is 14.6. The van der Waals surface area contributed by atoms with E-state index < -0.39 is 0 Å². The van der Waals surface area contributed by atoms with Gasteiger partial charge in [0.2, 0.25) is 0 Å². The molecular formula is C16H19NO3. The molecule has 0 bridgehead atoms. The third-order valence-corrected chi connectivity index (χ3v) is 3.40. The number of nitrogens with zero attached hydrogens (tertiary/aromatic N) is 1. The minimum Gasteiger partial charge on any atom is -0.384 e. The first-order chi connectivity index (χ1) is 9.63. The van der Waals surface area contributed by atoms with Crippen LogP contribution in [0.1, 0.15) is 27.9 Å². The summed E-state index contributed by atoms with van der Waals surface area (Å²) < 4.78 is 5.28. The van der Waals surface area contributed by atoms with E-state index in [1.54, 1.807) is 13.2 Å². The Balaban J connectivity index is 2.19. The minimum atomic E-state index is -0.182. The van der Waals surface area contributed by atoms with Crippen molar-refractivity contribution < 1.29 is 14.6 Å². The van der Waals surface area contributed by atoms with Crippen LogP contribution in [0, 0.1) is 18.8 Å². The van der Waals surface area contributed by atoms with E-state index in [0.29, 0.717) is 12.1 Å². The molecule has 106 valence electrons. The summed E-state index contributed by atoms with van der Waals surface area (Å²) in [5.41, 5.74) is 2.38. The van der Waals surface area contributed by atoms with Gasteiger partial charge < -0.3 is 14.7 Å². The zero-order valence-electron chi connectivity index (χ0n) is 11.8. The second kappa shape index (κ2) is 6.56. The number of carbonyl (C=O) groups is 1. The molecule has 1 aromatic carbocycles. The number of aliphatic hydroxyl groups is 1. The number of aliphatic hydroxyl groups excluding tert-OH is 1. The van der Waals surface area contributed by atoms with Crippen LogP contribution >= 0.6 is 0 Å². The number of carbonyl (C=O) groups excluding carboxylic acids is 1. The topological polar surface area (TPSA) is 49.8 Å². The second-order valence-electron chi connectivity index (χ2n) is 4.95. The molecule has 4 nitrogen and oxygen atoms in total. The molecule has 1 N–H and O–H groups in total. The average molecular weight is 273 g/mol. The molecule has 4 heteroatoms. The van der Waals surface area contributed by atoms with Crippen molar-refractivity contribution >= 4 is 5.91 Å². The van der Waals surface area contributed by atoms with Crippen LogP contribution < -0.4 is 0 Å². The summed E-state index contributed by atoms with van der Waals surface area (Å²) in [5, 5.41) is 8.74. The maximum absolute atomic E-state index is 12.5. The number of benzene rings is 1. The Bertz CT molecular complexity index is 557. The van der Waals surface area contributed by atoms with Crippen LogP contribution in [0.2, 0.25) is 0 Å². The maximum atomic E-state index is 12.5. The van der Waals surface area contributed by atoms with Crippen LogP contribution in [-0.4, -0.2) is 48.8 Å². The molecule has 20 heavy (non-hydrogen) atoms. The van der Waals surface area contributed by atoms with Gasteiger partial charge in [-0.2, -0.15) is 0 Å². The lowest BCUT2D eigenvalue weighted by Gasteiger charge is -2.16.